The molecule has 5 atom stereocenters. The predicted octanol–water partition coefficient (Wildman–Crippen LogP) is -3.05. The number of benzene rings is 1. The normalized spacial score (nSPS) is 16.8. The Labute approximate surface area is 271 Å². The van der Waals surface area contributed by atoms with Crippen LogP contribution in [0.15, 0.2) is 24.3 Å². The van der Waals surface area contributed by atoms with Gasteiger partial charge in [-0.25, -0.2) is 0 Å². The molecule has 0 aromatic heterocycles. The molecule has 0 unspecified atom stereocenters. The molecule has 1 saturated heterocycles. The molecule has 1 heterocycles. The summed E-state index contributed by atoms with van der Waals surface area (Å²) in [4.78, 5) is 91.3. The van der Waals surface area contributed by atoms with Crippen molar-refractivity contribution < 1.29 is 38.7 Å². The SMILES string of the molecule is C[C@@H](C(=O)N[C@@H](CC(N)=O)C(=O)N1CCC[C@H]1C(=O)N[C@H](C=O)CN)N(C)C(=O)[C@H](Cc1ccc(O)cc1)NC(=O)CSCCN. The highest BCUT2D eigenvalue weighted by Crippen LogP contribution is 2.20. The minimum atomic E-state index is -1.44. The molecule has 1 aromatic rings. The van der Waals surface area contributed by atoms with Crippen LogP contribution in [0.2, 0.25) is 0 Å². The monoisotopic (exact) mass is 664 g/mol. The molecular weight excluding hydrogens is 620 g/mol. The fraction of sp³-hybridized carbons (Fsp3) is 0.552. The Kier molecular flexibility index (Phi) is 15.4. The summed E-state index contributed by atoms with van der Waals surface area (Å²) in [6, 6.07) is 0.508. The number of aromatic hydroxyl groups is 1. The van der Waals surface area contributed by atoms with E-state index < -0.39 is 72.1 Å². The van der Waals surface area contributed by atoms with Gasteiger partial charge in [0, 0.05) is 38.9 Å². The van der Waals surface area contributed by atoms with Gasteiger partial charge in [0.1, 0.15) is 36.2 Å². The summed E-state index contributed by atoms with van der Waals surface area (Å²) in [6.07, 6.45) is 0.718. The van der Waals surface area contributed by atoms with Crippen LogP contribution < -0.4 is 33.2 Å². The first-order chi connectivity index (χ1) is 21.8. The number of hydrogen-bond acceptors (Lipinski definition) is 11. The van der Waals surface area contributed by atoms with Gasteiger partial charge in [0.25, 0.3) is 0 Å². The highest BCUT2D eigenvalue weighted by atomic mass is 32.2. The molecule has 0 spiro atoms. The van der Waals surface area contributed by atoms with Gasteiger partial charge in [0.05, 0.1) is 18.2 Å². The zero-order valence-corrected chi connectivity index (χ0v) is 26.8. The van der Waals surface area contributed by atoms with Crippen molar-refractivity contribution in [2.45, 2.75) is 62.8 Å². The van der Waals surface area contributed by atoms with Crippen LogP contribution >= 0.6 is 11.8 Å². The molecule has 254 valence electrons. The number of carbonyl (C=O) groups excluding carboxylic acids is 7. The molecule has 1 aromatic carbocycles. The van der Waals surface area contributed by atoms with Crippen molar-refractivity contribution in [3.05, 3.63) is 29.8 Å². The van der Waals surface area contributed by atoms with Crippen LogP contribution in [-0.2, 0) is 40.0 Å². The van der Waals surface area contributed by atoms with E-state index in [-0.39, 0.29) is 37.4 Å². The molecule has 46 heavy (non-hydrogen) atoms. The maximum absolute atomic E-state index is 13.6. The largest absolute Gasteiger partial charge is 0.508 e. The number of aldehydes is 1. The Morgan fingerprint density at radius 2 is 1.76 bits per heavy atom. The number of nitrogens with two attached hydrogens (primary N) is 3. The van der Waals surface area contributed by atoms with Crippen LogP contribution in [0.4, 0.5) is 0 Å². The average Bonchev–Trinajstić information content (AvgIpc) is 3.52. The van der Waals surface area contributed by atoms with Gasteiger partial charge >= 0.3 is 0 Å². The topological polar surface area (TPSA) is 260 Å². The van der Waals surface area contributed by atoms with E-state index in [1.807, 2.05) is 0 Å². The van der Waals surface area contributed by atoms with Crippen LogP contribution in [0.1, 0.15) is 31.7 Å². The maximum Gasteiger partial charge on any atom is 0.246 e. The number of primary amides is 1. The summed E-state index contributed by atoms with van der Waals surface area (Å²) in [5, 5.41) is 17.3. The van der Waals surface area contributed by atoms with E-state index in [1.165, 1.54) is 42.8 Å². The number of phenols is 1. The molecule has 1 aliphatic heterocycles. The third kappa shape index (κ3) is 11.3. The summed E-state index contributed by atoms with van der Waals surface area (Å²) < 4.78 is 0. The maximum atomic E-state index is 13.6. The molecule has 0 radical (unpaired) electrons. The molecule has 17 heteroatoms. The second-order valence-corrected chi connectivity index (χ2v) is 12.0. The molecule has 16 nitrogen and oxygen atoms in total. The molecule has 0 aliphatic carbocycles. The molecule has 10 N–H and O–H groups in total. The number of nitrogens with zero attached hydrogens (tertiary/aromatic N) is 2. The first-order valence-corrected chi connectivity index (χ1v) is 15.9. The van der Waals surface area contributed by atoms with Crippen molar-refractivity contribution in [3.63, 3.8) is 0 Å². The second kappa shape index (κ2) is 18.7. The molecule has 1 aliphatic rings. The number of hydrogen-bond donors (Lipinski definition) is 7. The lowest BCUT2D eigenvalue weighted by molar-refractivity contribution is -0.145. The van der Waals surface area contributed by atoms with Gasteiger partial charge < -0.3 is 52.9 Å². The van der Waals surface area contributed by atoms with Gasteiger partial charge in [-0.15, -0.1) is 0 Å². The van der Waals surface area contributed by atoms with Crippen molar-refractivity contribution in [2.75, 3.05) is 38.2 Å². The molecule has 1 fully saturated rings. The highest BCUT2D eigenvalue weighted by Gasteiger charge is 2.39. The van der Waals surface area contributed by atoms with Crippen molar-refractivity contribution >= 4 is 53.5 Å². The number of likely N-dealkylation sites (N-methyl/N-ethyl adjacent to an activating group) is 1. The average molecular weight is 665 g/mol. The molecule has 2 rings (SSSR count). The van der Waals surface area contributed by atoms with Crippen molar-refractivity contribution in [2.24, 2.45) is 17.2 Å². The van der Waals surface area contributed by atoms with E-state index >= 15 is 0 Å². The van der Waals surface area contributed by atoms with Crippen LogP contribution in [0, 0.1) is 0 Å². The fourth-order valence-electron chi connectivity index (χ4n) is 4.79. The van der Waals surface area contributed by atoms with Gasteiger partial charge in [0.2, 0.25) is 35.4 Å². The number of thioether (sulfide) groups is 1. The van der Waals surface area contributed by atoms with E-state index in [1.54, 1.807) is 12.1 Å². The van der Waals surface area contributed by atoms with E-state index in [9.17, 15) is 38.7 Å². The second-order valence-electron chi connectivity index (χ2n) is 10.9. The van der Waals surface area contributed by atoms with Crippen molar-refractivity contribution in [1.29, 1.82) is 0 Å². The predicted molar refractivity (Wildman–Crippen MR) is 170 cm³/mol. The third-order valence-corrected chi connectivity index (χ3v) is 8.41. The first kappa shape index (κ1) is 38.0. The lowest BCUT2D eigenvalue weighted by atomic mass is 10.0. The van der Waals surface area contributed by atoms with Gasteiger partial charge in [-0.1, -0.05) is 12.1 Å². The van der Waals surface area contributed by atoms with Gasteiger partial charge in [-0.2, -0.15) is 11.8 Å². The zero-order valence-electron chi connectivity index (χ0n) is 26.0. The third-order valence-electron chi connectivity index (χ3n) is 7.42. The lowest BCUT2D eigenvalue weighted by Crippen LogP contribution is -2.59. The summed E-state index contributed by atoms with van der Waals surface area (Å²) in [6.45, 7) is 1.82. The van der Waals surface area contributed by atoms with Gasteiger partial charge in [-0.05, 0) is 37.5 Å². The van der Waals surface area contributed by atoms with E-state index in [4.69, 9.17) is 17.2 Å². The van der Waals surface area contributed by atoms with E-state index in [2.05, 4.69) is 16.0 Å². The van der Waals surface area contributed by atoms with Crippen molar-refractivity contribution in [3.8, 4) is 5.75 Å². The van der Waals surface area contributed by atoms with E-state index in [0.717, 1.165) is 4.90 Å². The Morgan fingerprint density at radius 1 is 1.09 bits per heavy atom. The molecular formula is C29H44N8O8S. The highest BCUT2D eigenvalue weighted by molar-refractivity contribution is 7.99. The zero-order chi connectivity index (χ0) is 34.4. The van der Waals surface area contributed by atoms with Gasteiger partial charge in [0.15, 0.2) is 0 Å². The Morgan fingerprint density at radius 3 is 2.35 bits per heavy atom. The van der Waals surface area contributed by atoms with E-state index in [0.29, 0.717) is 30.6 Å². The first-order valence-electron chi connectivity index (χ1n) is 14.8. The molecule has 0 saturated carbocycles. The van der Waals surface area contributed by atoms with Crippen LogP contribution in [0.5, 0.6) is 5.75 Å². The quantitative estimate of drug-likeness (QED) is 0.0612. The Hall–Kier alpha value is -4.22. The van der Waals surface area contributed by atoms with Crippen molar-refractivity contribution in [1.82, 2.24) is 25.8 Å². The number of rotatable bonds is 18. The summed E-state index contributed by atoms with van der Waals surface area (Å²) in [5.74, 6) is -3.38. The smallest absolute Gasteiger partial charge is 0.246 e. The fourth-order valence-corrected chi connectivity index (χ4v) is 5.37. The minimum Gasteiger partial charge on any atom is -0.508 e. The molecule has 6 amide bonds. The van der Waals surface area contributed by atoms with Crippen LogP contribution in [0.3, 0.4) is 0 Å². The number of likely N-dealkylation sites (tertiary alicyclic amines) is 1. The summed E-state index contributed by atoms with van der Waals surface area (Å²) in [5.41, 5.74) is 17.0. The molecule has 0 bridgehead atoms. The number of phenolic OH excluding ortho intramolecular Hbond substituents is 1. The Balaban J connectivity index is 2.20. The number of carbonyl (C=O) groups is 7. The number of nitrogens with one attached hydrogen (secondary N) is 3. The Bertz CT molecular complexity index is 1250. The lowest BCUT2D eigenvalue weighted by Gasteiger charge is -2.32. The standard InChI is InChI=1S/C29H44N8O8S/c1-17(36(2)28(44)21(34-25(41)16-46-11-9-30)12-18-5-7-20(39)8-6-18)26(42)35-22(13-24(32)40)29(45)37-10-3-4-23(37)27(43)33-19(14-31)15-38/h5-8,15,17,19,21-23,39H,3-4,9-14,16,30-31H2,1-2H3,(H2,32,40)(H,33,43)(H,34,41)(H,35,42)/t17-,19-,21-,22-,23-/m0/s1. The number of amides is 6. The minimum absolute atomic E-state index is 0.0259. The van der Waals surface area contributed by atoms with Crippen LogP contribution in [0.25, 0.3) is 0 Å². The van der Waals surface area contributed by atoms with Gasteiger partial charge in [-0.3, -0.25) is 28.8 Å². The van der Waals surface area contributed by atoms with Crippen LogP contribution in [-0.4, -0.2) is 125 Å². The summed E-state index contributed by atoms with van der Waals surface area (Å²) >= 11 is 1.30. The summed E-state index contributed by atoms with van der Waals surface area (Å²) in [7, 11) is 1.36.